The number of hydrogen-bond donors (Lipinski definition) is 2. The van der Waals surface area contributed by atoms with Gasteiger partial charge in [0.05, 0.1) is 5.69 Å². The van der Waals surface area contributed by atoms with Crippen molar-refractivity contribution < 1.29 is 9.59 Å². The summed E-state index contributed by atoms with van der Waals surface area (Å²) in [7, 11) is 0. The summed E-state index contributed by atoms with van der Waals surface area (Å²) < 4.78 is 1.35. The van der Waals surface area contributed by atoms with E-state index in [-0.39, 0.29) is 17.5 Å². The summed E-state index contributed by atoms with van der Waals surface area (Å²) in [5.74, 6) is -0.381. The molecule has 1 aliphatic rings. The molecule has 156 valence electrons. The van der Waals surface area contributed by atoms with Gasteiger partial charge < -0.3 is 10.2 Å². The zero-order valence-corrected chi connectivity index (χ0v) is 17.4. The van der Waals surface area contributed by atoms with Gasteiger partial charge in [0.2, 0.25) is 5.91 Å². The van der Waals surface area contributed by atoms with Crippen molar-refractivity contribution in [3.63, 3.8) is 0 Å². The second-order valence-electron chi connectivity index (χ2n) is 7.77. The van der Waals surface area contributed by atoms with Crippen molar-refractivity contribution in [2.45, 2.75) is 39.7 Å². The average Bonchev–Trinajstić information content (AvgIpc) is 3.05. The molecule has 1 aromatic carbocycles. The SMILES string of the molecule is CC(=O)N1CCC(NC(=O)c2c(C)nc3c(-c4ccccc4)c(C)[nH]n3c2=O)CC1. The monoisotopic (exact) mass is 407 g/mol. The molecule has 0 atom stereocenters. The molecule has 0 bridgehead atoms. The lowest BCUT2D eigenvalue weighted by atomic mass is 10.0. The maximum atomic E-state index is 13.1. The van der Waals surface area contributed by atoms with E-state index < -0.39 is 11.5 Å². The van der Waals surface area contributed by atoms with Crippen LogP contribution in [-0.2, 0) is 4.79 Å². The van der Waals surface area contributed by atoms with Crippen LogP contribution in [0.3, 0.4) is 0 Å². The highest BCUT2D eigenvalue weighted by Gasteiger charge is 2.26. The van der Waals surface area contributed by atoms with Crippen LogP contribution in [0, 0.1) is 13.8 Å². The van der Waals surface area contributed by atoms with Crippen LogP contribution in [0.5, 0.6) is 0 Å². The number of piperidine rings is 1. The third kappa shape index (κ3) is 3.49. The van der Waals surface area contributed by atoms with E-state index in [9.17, 15) is 14.4 Å². The first-order valence-electron chi connectivity index (χ1n) is 10.1. The molecule has 8 heteroatoms. The number of rotatable bonds is 3. The minimum Gasteiger partial charge on any atom is -0.349 e. The van der Waals surface area contributed by atoms with Crippen molar-refractivity contribution in [1.29, 1.82) is 0 Å². The highest BCUT2D eigenvalue weighted by Crippen LogP contribution is 2.26. The number of nitrogens with zero attached hydrogens (tertiary/aromatic N) is 3. The largest absolute Gasteiger partial charge is 0.349 e. The van der Waals surface area contributed by atoms with E-state index in [2.05, 4.69) is 15.4 Å². The fraction of sp³-hybridized carbons (Fsp3) is 0.364. The van der Waals surface area contributed by atoms with Gasteiger partial charge in [0, 0.05) is 37.3 Å². The topological polar surface area (TPSA) is 99.6 Å². The van der Waals surface area contributed by atoms with Crippen LogP contribution < -0.4 is 10.9 Å². The van der Waals surface area contributed by atoms with Crippen LogP contribution in [0.4, 0.5) is 0 Å². The number of aromatic nitrogens is 3. The molecule has 2 N–H and O–H groups in total. The second kappa shape index (κ2) is 7.78. The molecule has 0 saturated carbocycles. The number of carbonyl (C=O) groups excluding carboxylic acids is 2. The van der Waals surface area contributed by atoms with E-state index in [1.165, 1.54) is 4.52 Å². The van der Waals surface area contributed by atoms with Crippen molar-refractivity contribution >= 4 is 17.5 Å². The summed E-state index contributed by atoms with van der Waals surface area (Å²) >= 11 is 0. The van der Waals surface area contributed by atoms with Gasteiger partial charge in [0.1, 0.15) is 5.56 Å². The normalized spacial score (nSPS) is 14.8. The molecule has 1 fully saturated rings. The van der Waals surface area contributed by atoms with Gasteiger partial charge in [-0.15, -0.1) is 0 Å². The van der Waals surface area contributed by atoms with E-state index >= 15 is 0 Å². The number of amides is 2. The summed E-state index contributed by atoms with van der Waals surface area (Å²) in [6.45, 7) is 6.32. The van der Waals surface area contributed by atoms with E-state index in [1.807, 2.05) is 37.3 Å². The van der Waals surface area contributed by atoms with E-state index in [0.717, 1.165) is 16.8 Å². The van der Waals surface area contributed by atoms with Crippen molar-refractivity contribution in [2.24, 2.45) is 0 Å². The van der Waals surface area contributed by atoms with Crippen molar-refractivity contribution in [3.8, 4) is 11.1 Å². The van der Waals surface area contributed by atoms with Crippen LogP contribution in [0.2, 0.25) is 0 Å². The van der Waals surface area contributed by atoms with Crippen LogP contribution in [0.1, 0.15) is 41.5 Å². The third-order valence-corrected chi connectivity index (χ3v) is 5.71. The molecule has 3 heterocycles. The Hall–Kier alpha value is -3.42. The molecule has 0 aliphatic carbocycles. The maximum absolute atomic E-state index is 13.1. The lowest BCUT2D eigenvalue weighted by Crippen LogP contribution is -2.47. The van der Waals surface area contributed by atoms with Crippen molar-refractivity contribution in [2.75, 3.05) is 13.1 Å². The number of fused-ring (bicyclic) bond motifs is 1. The number of aryl methyl sites for hydroxylation is 2. The number of likely N-dealkylation sites (tertiary alicyclic amines) is 1. The molecule has 3 aromatic rings. The summed E-state index contributed by atoms with van der Waals surface area (Å²) in [6, 6.07) is 9.65. The Morgan fingerprint density at radius 3 is 2.43 bits per heavy atom. The first kappa shape index (κ1) is 19.9. The van der Waals surface area contributed by atoms with Crippen LogP contribution >= 0.6 is 0 Å². The zero-order valence-electron chi connectivity index (χ0n) is 17.4. The molecule has 4 rings (SSSR count). The summed E-state index contributed by atoms with van der Waals surface area (Å²) in [5.41, 5.74) is 3.14. The predicted octanol–water partition coefficient (Wildman–Crippen LogP) is 2.05. The van der Waals surface area contributed by atoms with Gasteiger partial charge >= 0.3 is 0 Å². The Morgan fingerprint density at radius 2 is 1.80 bits per heavy atom. The summed E-state index contributed by atoms with van der Waals surface area (Å²) in [4.78, 5) is 43.9. The van der Waals surface area contributed by atoms with Gasteiger partial charge in [0.15, 0.2) is 5.65 Å². The van der Waals surface area contributed by atoms with E-state index in [1.54, 1.807) is 18.7 Å². The standard InChI is InChI=1S/C22H25N5O3/c1-13-19(21(29)24-17-9-11-26(12-10-17)15(3)28)22(30)27-20(23-13)18(14(2)25-27)16-7-5-4-6-8-16/h4-8,17,25H,9-12H2,1-3H3,(H,24,29). The summed E-state index contributed by atoms with van der Waals surface area (Å²) in [6.07, 6.45) is 1.34. The quantitative estimate of drug-likeness (QED) is 0.694. The van der Waals surface area contributed by atoms with Crippen LogP contribution in [0.15, 0.2) is 35.1 Å². The minimum absolute atomic E-state index is 0.0415. The third-order valence-electron chi connectivity index (χ3n) is 5.71. The highest BCUT2D eigenvalue weighted by molar-refractivity contribution is 5.95. The van der Waals surface area contributed by atoms with E-state index in [0.29, 0.717) is 37.3 Å². The molecule has 1 aliphatic heterocycles. The smallest absolute Gasteiger partial charge is 0.285 e. The lowest BCUT2D eigenvalue weighted by molar-refractivity contribution is -0.129. The Balaban J connectivity index is 1.65. The maximum Gasteiger partial charge on any atom is 0.285 e. The lowest BCUT2D eigenvalue weighted by Gasteiger charge is -2.31. The van der Waals surface area contributed by atoms with Gasteiger partial charge in [-0.05, 0) is 32.3 Å². The number of nitrogens with one attached hydrogen (secondary N) is 2. The molecule has 0 radical (unpaired) electrons. The van der Waals surface area contributed by atoms with Gasteiger partial charge in [-0.1, -0.05) is 30.3 Å². The molecule has 1 saturated heterocycles. The van der Waals surface area contributed by atoms with Crippen LogP contribution in [-0.4, -0.2) is 50.4 Å². The molecule has 30 heavy (non-hydrogen) atoms. The Morgan fingerprint density at radius 1 is 1.13 bits per heavy atom. The Labute approximate surface area is 173 Å². The Bertz CT molecular complexity index is 1170. The molecular formula is C22H25N5O3. The molecule has 2 aromatic heterocycles. The molecule has 2 amide bonds. The first-order chi connectivity index (χ1) is 14.4. The van der Waals surface area contributed by atoms with Crippen molar-refractivity contribution in [3.05, 3.63) is 57.6 Å². The molecular weight excluding hydrogens is 382 g/mol. The predicted molar refractivity (Wildman–Crippen MR) is 113 cm³/mol. The van der Waals surface area contributed by atoms with Crippen molar-refractivity contribution in [1.82, 2.24) is 24.8 Å². The second-order valence-corrected chi connectivity index (χ2v) is 7.77. The number of H-pyrrole nitrogens is 1. The van der Waals surface area contributed by atoms with Gasteiger partial charge in [-0.25, -0.2) is 9.50 Å². The van der Waals surface area contributed by atoms with Gasteiger partial charge in [-0.3, -0.25) is 19.5 Å². The number of hydrogen-bond acceptors (Lipinski definition) is 4. The zero-order chi connectivity index (χ0) is 21.4. The fourth-order valence-corrected chi connectivity index (χ4v) is 4.10. The first-order valence-corrected chi connectivity index (χ1v) is 10.1. The number of carbonyl (C=O) groups is 2. The van der Waals surface area contributed by atoms with Gasteiger partial charge in [0.25, 0.3) is 11.5 Å². The molecule has 0 unspecified atom stereocenters. The highest BCUT2D eigenvalue weighted by atomic mass is 16.2. The average molecular weight is 407 g/mol. The number of aromatic amines is 1. The van der Waals surface area contributed by atoms with Crippen LogP contribution in [0.25, 0.3) is 16.8 Å². The summed E-state index contributed by atoms with van der Waals surface area (Å²) in [5, 5.41) is 6.01. The minimum atomic E-state index is -0.422. The number of benzene rings is 1. The van der Waals surface area contributed by atoms with E-state index in [4.69, 9.17) is 0 Å². The Kier molecular flexibility index (Phi) is 5.15. The molecule has 0 spiro atoms. The molecule has 8 nitrogen and oxygen atoms in total. The fourth-order valence-electron chi connectivity index (χ4n) is 4.10. The van der Waals surface area contributed by atoms with Gasteiger partial charge in [-0.2, -0.15) is 0 Å².